The lowest BCUT2D eigenvalue weighted by atomic mass is 10.3. The Labute approximate surface area is 118 Å². The van der Waals surface area contributed by atoms with E-state index in [0.29, 0.717) is 23.0 Å². The molecule has 0 fully saturated rings. The van der Waals surface area contributed by atoms with E-state index >= 15 is 0 Å². The van der Waals surface area contributed by atoms with E-state index in [9.17, 15) is 0 Å². The molecule has 20 heavy (non-hydrogen) atoms. The van der Waals surface area contributed by atoms with Gasteiger partial charge in [0, 0.05) is 12.1 Å². The largest absolute Gasteiger partial charge is 0.497 e. The Bertz CT molecular complexity index is 636. The van der Waals surface area contributed by atoms with Gasteiger partial charge < -0.3 is 15.2 Å². The summed E-state index contributed by atoms with van der Waals surface area (Å²) in [5.74, 6) is 1.88. The van der Waals surface area contributed by atoms with Crippen LogP contribution in [0.25, 0.3) is 0 Å². The second kappa shape index (κ2) is 5.57. The van der Waals surface area contributed by atoms with Crippen molar-refractivity contribution >= 4 is 5.69 Å². The maximum Gasteiger partial charge on any atom is 0.224 e. The number of hydrogen-bond acceptors (Lipinski definition) is 4. The van der Waals surface area contributed by atoms with E-state index in [1.807, 2.05) is 13.8 Å². The number of nitrogens with two attached hydrogens (primary N) is 1. The fourth-order valence-electron chi connectivity index (χ4n) is 1.99. The standard InChI is InChI=1S/C15H17N3O2/c1-10(2)18-11(9-16)8-14(17)15(18)20-13-6-4-12(19-3)5-7-13/h4-8,10H,17H2,1-3H3. The topological polar surface area (TPSA) is 73.2 Å². The van der Waals surface area contributed by atoms with E-state index in [2.05, 4.69) is 6.07 Å². The van der Waals surface area contributed by atoms with Crippen molar-refractivity contribution in [3.63, 3.8) is 0 Å². The lowest BCUT2D eigenvalue weighted by molar-refractivity contribution is 0.403. The van der Waals surface area contributed by atoms with Crippen LogP contribution in [0.3, 0.4) is 0 Å². The molecule has 2 N–H and O–H groups in total. The second-order valence-corrected chi connectivity index (χ2v) is 4.64. The number of ether oxygens (including phenoxy) is 2. The second-order valence-electron chi connectivity index (χ2n) is 4.64. The van der Waals surface area contributed by atoms with Crippen LogP contribution in [-0.4, -0.2) is 11.7 Å². The molecule has 0 aliphatic carbocycles. The Hall–Kier alpha value is -2.61. The van der Waals surface area contributed by atoms with Crippen LogP contribution in [0.1, 0.15) is 25.6 Å². The minimum absolute atomic E-state index is 0.0789. The Kier molecular flexibility index (Phi) is 3.85. The number of anilines is 1. The van der Waals surface area contributed by atoms with E-state index in [4.69, 9.17) is 20.5 Å². The maximum atomic E-state index is 9.14. The highest BCUT2D eigenvalue weighted by atomic mass is 16.5. The predicted molar refractivity (Wildman–Crippen MR) is 77.0 cm³/mol. The number of nitrogen functional groups attached to an aromatic ring is 1. The molecule has 0 saturated heterocycles. The first kappa shape index (κ1) is 13.8. The average molecular weight is 271 g/mol. The molecule has 0 aliphatic heterocycles. The third kappa shape index (κ3) is 2.54. The highest BCUT2D eigenvalue weighted by Gasteiger charge is 2.17. The normalized spacial score (nSPS) is 10.3. The van der Waals surface area contributed by atoms with Crippen LogP contribution < -0.4 is 15.2 Å². The molecule has 5 heteroatoms. The van der Waals surface area contributed by atoms with E-state index in [0.717, 1.165) is 5.75 Å². The summed E-state index contributed by atoms with van der Waals surface area (Å²) in [6.45, 7) is 3.95. The minimum atomic E-state index is 0.0789. The van der Waals surface area contributed by atoms with Crippen LogP contribution in [-0.2, 0) is 0 Å². The van der Waals surface area contributed by atoms with E-state index < -0.39 is 0 Å². The molecule has 104 valence electrons. The van der Waals surface area contributed by atoms with Gasteiger partial charge in [0.05, 0.1) is 12.8 Å². The van der Waals surface area contributed by atoms with E-state index in [1.54, 1.807) is 42.0 Å². The Morgan fingerprint density at radius 3 is 2.30 bits per heavy atom. The molecular formula is C15H17N3O2. The van der Waals surface area contributed by atoms with Crippen molar-refractivity contribution in [2.24, 2.45) is 0 Å². The molecule has 0 bridgehead atoms. The summed E-state index contributed by atoms with van der Waals surface area (Å²) in [5.41, 5.74) is 6.87. The van der Waals surface area contributed by atoms with Gasteiger partial charge in [0.1, 0.15) is 23.3 Å². The zero-order valence-corrected chi connectivity index (χ0v) is 11.8. The van der Waals surface area contributed by atoms with Crippen LogP contribution in [0.4, 0.5) is 5.69 Å². The van der Waals surface area contributed by atoms with Gasteiger partial charge in [-0.3, -0.25) is 4.57 Å². The summed E-state index contributed by atoms with van der Waals surface area (Å²) >= 11 is 0. The molecule has 0 unspecified atom stereocenters. The van der Waals surface area contributed by atoms with E-state index in [-0.39, 0.29) is 6.04 Å². The third-order valence-electron chi connectivity index (χ3n) is 2.92. The molecule has 2 rings (SSSR count). The first-order valence-electron chi connectivity index (χ1n) is 6.29. The quantitative estimate of drug-likeness (QED) is 0.925. The first-order valence-corrected chi connectivity index (χ1v) is 6.29. The van der Waals surface area contributed by atoms with Gasteiger partial charge in [-0.25, -0.2) is 0 Å². The molecule has 1 aromatic heterocycles. The van der Waals surface area contributed by atoms with Crippen LogP contribution in [0.2, 0.25) is 0 Å². The van der Waals surface area contributed by atoms with Crippen molar-refractivity contribution in [3.05, 3.63) is 36.0 Å². The molecule has 1 aromatic carbocycles. The molecule has 5 nitrogen and oxygen atoms in total. The SMILES string of the molecule is COc1ccc(Oc2c(N)cc(C#N)n2C(C)C)cc1. The van der Waals surface area contributed by atoms with Crippen LogP contribution in [0.5, 0.6) is 17.4 Å². The summed E-state index contributed by atoms with van der Waals surface area (Å²) in [6, 6.07) is 11.0. The van der Waals surface area contributed by atoms with Gasteiger partial charge >= 0.3 is 0 Å². The van der Waals surface area contributed by atoms with Crippen LogP contribution >= 0.6 is 0 Å². The number of benzene rings is 1. The molecule has 0 aliphatic rings. The number of rotatable bonds is 4. The highest BCUT2D eigenvalue weighted by molar-refractivity contribution is 5.56. The molecule has 0 atom stereocenters. The molecule has 2 aromatic rings. The van der Waals surface area contributed by atoms with Gasteiger partial charge in [-0.15, -0.1) is 0 Å². The van der Waals surface area contributed by atoms with Gasteiger partial charge in [0.15, 0.2) is 0 Å². The van der Waals surface area contributed by atoms with Crippen molar-refractivity contribution in [3.8, 4) is 23.4 Å². The van der Waals surface area contributed by atoms with Gasteiger partial charge in [-0.05, 0) is 38.1 Å². The van der Waals surface area contributed by atoms with Gasteiger partial charge in [-0.2, -0.15) is 5.26 Å². The van der Waals surface area contributed by atoms with Crippen LogP contribution in [0.15, 0.2) is 30.3 Å². The van der Waals surface area contributed by atoms with E-state index in [1.165, 1.54) is 0 Å². The van der Waals surface area contributed by atoms with Crippen molar-refractivity contribution in [2.75, 3.05) is 12.8 Å². The molecule has 0 radical (unpaired) electrons. The fourth-order valence-corrected chi connectivity index (χ4v) is 1.99. The highest BCUT2D eigenvalue weighted by Crippen LogP contribution is 2.34. The zero-order chi connectivity index (χ0) is 14.7. The minimum Gasteiger partial charge on any atom is -0.497 e. The number of nitrogens with zero attached hydrogens (tertiary/aromatic N) is 2. The summed E-state index contributed by atoms with van der Waals surface area (Å²) in [7, 11) is 1.61. The fraction of sp³-hybridized carbons (Fsp3) is 0.267. The van der Waals surface area contributed by atoms with Gasteiger partial charge in [0.2, 0.25) is 5.88 Å². The summed E-state index contributed by atoms with van der Waals surface area (Å²) in [6.07, 6.45) is 0. The van der Waals surface area contributed by atoms with Gasteiger partial charge in [-0.1, -0.05) is 0 Å². The number of methoxy groups -OCH3 is 1. The Morgan fingerprint density at radius 2 is 1.80 bits per heavy atom. The van der Waals surface area contributed by atoms with Gasteiger partial charge in [0.25, 0.3) is 0 Å². The number of aromatic nitrogens is 1. The third-order valence-corrected chi connectivity index (χ3v) is 2.92. The summed E-state index contributed by atoms with van der Waals surface area (Å²) in [4.78, 5) is 0. The summed E-state index contributed by atoms with van der Waals surface area (Å²) < 4.78 is 12.7. The monoisotopic (exact) mass is 271 g/mol. The first-order chi connectivity index (χ1) is 9.56. The molecule has 0 saturated carbocycles. The smallest absolute Gasteiger partial charge is 0.224 e. The maximum absolute atomic E-state index is 9.14. The molecule has 0 spiro atoms. The van der Waals surface area contributed by atoms with Crippen molar-refractivity contribution in [1.82, 2.24) is 4.57 Å². The lowest BCUT2D eigenvalue weighted by Crippen LogP contribution is -2.06. The Morgan fingerprint density at radius 1 is 1.20 bits per heavy atom. The predicted octanol–water partition coefficient (Wildman–Crippen LogP) is 3.32. The lowest BCUT2D eigenvalue weighted by Gasteiger charge is -2.15. The van der Waals surface area contributed by atoms with Crippen molar-refractivity contribution in [1.29, 1.82) is 5.26 Å². The number of hydrogen-bond donors (Lipinski definition) is 1. The molecular weight excluding hydrogens is 254 g/mol. The molecule has 1 heterocycles. The van der Waals surface area contributed by atoms with Crippen molar-refractivity contribution < 1.29 is 9.47 Å². The summed E-state index contributed by atoms with van der Waals surface area (Å²) in [5, 5.41) is 9.14. The molecule has 0 amide bonds. The van der Waals surface area contributed by atoms with Crippen molar-refractivity contribution in [2.45, 2.75) is 19.9 Å². The number of nitriles is 1. The Balaban J connectivity index is 2.37. The zero-order valence-electron chi connectivity index (χ0n) is 11.8. The average Bonchev–Trinajstić information content (AvgIpc) is 2.76. The van der Waals surface area contributed by atoms with Crippen LogP contribution in [0, 0.1) is 11.3 Å².